The topological polar surface area (TPSA) is 66.8 Å². The number of hydrogen-bond acceptors (Lipinski definition) is 3. The first-order chi connectivity index (χ1) is 14.6. The van der Waals surface area contributed by atoms with Gasteiger partial charge in [-0.05, 0) is 53.9 Å². The molecule has 5 heteroatoms. The Morgan fingerprint density at radius 3 is 2.03 bits per heavy atom. The third kappa shape index (κ3) is 2.99. The van der Waals surface area contributed by atoms with Gasteiger partial charge in [0.1, 0.15) is 6.61 Å². The van der Waals surface area contributed by atoms with Crippen LogP contribution in [0.1, 0.15) is 49.1 Å². The van der Waals surface area contributed by atoms with E-state index in [1.165, 1.54) is 22.3 Å². The van der Waals surface area contributed by atoms with Crippen molar-refractivity contribution in [3.8, 4) is 11.1 Å². The van der Waals surface area contributed by atoms with Gasteiger partial charge in [-0.15, -0.1) is 0 Å². The third-order valence-corrected chi connectivity index (χ3v) is 7.54. The fourth-order valence-electron chi connectivity index (χ4n) is 5.65. The SMILES string of the molecule is O=C(OCC1c2ccccc2-c2ccccc21)N1CCC(C2(C(=O)O)CCC2)CC1. The molecule has 0 spiro atoms. The molecule has 156 valence electrons. The van der Waals surface area contributed by atoms with Crippen LogP contribution in [0.25, 0.3) is 11.1 Å². The molecule has 1 amide bonds. The molecule has 3 aliphatic rings. The van der Waals surface area contributed by atoms with Crippen molar-refractivity contribution in [1.29, 1.82) is 0 Å². The monoisotopic (exact) mass is 405 g/mol. The summed E-state index contributed by atoms with van der Waals surface area (Å²) in [7, 11) is 0. The summed E-state index contributed by atoms with van der Waals surface area (Å²) in [4.78, 5) is 26.3. The lowest BCUT2D eigenvalue weighted by Crippen LogP contribution is -2.50. The molecule has 2 aromatic carbocycles. The molecular formula is C25H27NO4. The summed E-state index contributed by atoms with van der Waals surface area (Å²) in [6.07, 6.45) is 3.76. The van der Waals surface area contributed by atoms with E-state index < -0.39 is 11.4 Å². The fourth-order valence-corrected chi connectivity index (χ4v) is 5.65. The first-order valence-corrected chi connectivity index (χ1v) is 10.9. The number of benzene rings is 2. The average Bonchev–Trinajstić information content (AvgIpc) is 3.05. The Hall–Kier alpha value is -2.82. The molecule has 0 radical (unpaired) electrons. The molecule has 0 unspecified atom stereocenters. The fraction of sp³-hybridized carbons (Fsp3) is 0.440. The standard InChI is InChI=1S/C25H27NO4/c27-23(28)25(12-5-13-25)17-10-14-26(15-11-17)24(29)30-16-22-20-8-3-1-6-18(20)19-7-2-4-9-21(19)22/h1-4,6-9,17,22H,5,10-16H2,(H,27,28). The van der Waals surface area contributed by atoms with Crippen LogP contribution in [0.3, 0.4) is 0 Å². The predicted octanol–water partition coefficient (Wildman–Crippen LogP) is 4.90. The maximum Gasteiger partial charge on any atom is 0.409 e. The largest absolute Gasteiger partial charge is 0.481 e. The summed E-state index contributed by atoms with van der Waals surface area (Å²) in [6, 6.07) is 16.6. The van der Waals surface area contributed by atoms with Crippen LogP contribution in [0.4, 0.5) is 4.79 Å². The number of piperidine rings is 1. The molecule has 0 atom stereocenters. The van der Waals surface area contributed by atoms with Gasteiger partial charge in [-0.2, -0.15) is 0 Å². The highest BCUT2D eigenvalue weighted by atomic mass is 16.6. The second kappa shape index (κ2) is 7.46. The van der Waals surface area contributed by atoms with Crippen LogP contribution in [-0.4, -0.2) is 41.8 Å². The summed E-state index contributed by atoms with van der Waals surface area (Å²) >= 11 is 0. The number of hydrogen-bond donors (Lipinski definition) is 1. The van der Waals surface area contributed by atoms with Gasteiger partial charge in [0.05, 0.1) is 5.41 Å². The Morgan fingerprint density at radius 1 is 0.967 bits per heavy atom. The number of likely N-dealkylation sites (tertiary alicyclic amines) is 1. The predicted molar refractivity (Wildman–Crippen MR) is 113 cm³/mol. The number of aliphatic carboxylic acids is 1. The van der Waals surface area contributed by atoms with Crippen molar-refractivity contribution in [3.63, 3.8) is 0 Å². The lowest BCUT2D eigenvalue weighted by molar-refractivity contribution is -0.161. The normalized spacial score (nSPS) is 20.2. The van der Waals surface area contributed by atoms with Crippen LogP contribution in [0.5, 0.6) is 0 Å². The molecule has 5 nitrogen and oxygen atoms in total. The number of nitrogens with zero attached hydrogens (tertiary/aromatic N) is 1. The van der Waals surface area contributed by atoms with Crippen LogP contribution in [0.2, 0.25) is 0 Å². The van der Waals surface area contributed by atoms with Crippen molar-refractivity contribution < 1.29 is 19.4 Å². The molecule has 1 N–H and O–H groups in total. The molecule has 0 aromatic heterocycles. The van der Waals surface area contributed by atoms with Crippen molar-refractivity contribution in [1.82, 2.24) is 4.90 Å². The van der Waals surface area contributed by atoms with E-state index in [0.717, 1.165) is 32.1 Å². The summed E-state index contributed by atoms with van der Waals surface area (Å²) in [5, 5.41) is 9.67. The van der Waals surface area contributed by atoms with Gasteiger partial charge in [0, 0.05) is 19.0 Å². The molecule has 1 aliphatic heterocycles. The van der Waals surface area contributed by atoms with Crippen molar-refractivity contribution in [2.75, 3.05) is 19.7 Å². The number of fused-ring (bicyclic) bond motifs is 3. The van der Waals surface area contributed by atoms with Crippen LogP contribution in [-0.2, 0) is 9.53 Å². The first kappa shape index (κ1) is 19.2. The van der Waals surface area contributed by atoms with E-state index in [0.29, 0.717) is 19.7 Å². The molecule has 2 aromatic rings. The molecule has 2 aliphatic carbocycles. The van der Waals surface area contributed by atoms with Crippen LogP contribution < -0.4 is 0 Å². The number of carbonyl (C=O) groups excluding carboxylic acids is 1. The molecule has 1 heterocycles. The van der Waals surface area contributed by atoms with Crippen LogP contribution in [0, 0.1) is 11.3 Å². The minimum atomic E-state index is -0.659. The lowest BCUT2D eigenvalue weighted by atomic mass is 9.58. The molecule has 1 saturated carbocycles. The Labute approximate surface area is 176 Å². The Bertz CT molecular complexity index is 927. The van der Waals surface area contributed by atoms with Crippen LogP contribution in [0.15, 0.2) is 48.5 Å². The summed E-state index contributed by atoms with van der Waals surface area (Å²) in [5.74, 6) is -0.432. The second-order valence-corrected chi connectivity index (χ2v) is 8.88. The van der Waals surface area contributed by atoms with Gasteiger partial charge >= 0.3 is 12.1 Å². The van der Waals surface area contributed by atoms with Crippen molar-refractivity contribution in [2.24, 2.45) is 11.3 Å². The zero-order valence-corrected chi connectivity index (χ0v) is 17.0. The highest BCUT2D eigenvalue weighted by Crippen LogP contribution is 2.51. The number of ether oxygens (including phenoxy) is 1. The Kier molecular flexibility index (Phi) is 4.76. The summed E-state index contributed by atoms with van der Waals surface area (Å²) in [5.41, 5.74) is 4.30. The van der Waals surface area contributed by atoms with Gasteiger partial charge in [0.2, 0.25) is 0 Å². The molecule has 0 bridgehead atoms. The van der Waals surface area contributed by atoms with E-state index in [1.807, 2.05) is 24.3 Å². The van der Waals surface area contributed by atoms with Gasteiger partial charge in [-0.25, -0.2) is 4.79 Å². The molecule has 30 heavy (non-hydrogen) atoms. The quantitative estimate of drug-likeness (QED) is 0.785. The van der Waals surface area contributed by atoms with Crippen molar-refractivity contribution in [3.05, 3.63) is 59.7 Å². The summed E-state index contributed by atoms with van der Waals surface area (Å²) < 4.78 is 5.76. The molecular weight excluding hydrogens is 378 g/mol. The zero-order valence-electron chi connectivity index (χ0n) is 17.0. The van der Waals surface area contributed by atoms with Gasteiger partial charge in [-0.1, -0.05) is 55.0 Å². The second-order valence-electron chi connectivity index (χ2n) is 8.88. The van der Waals surface area contributed by atoms with Gasteiger partial charge in [-0.3, -0.25) is 4.79 Å². The maximum atomic E-state index is 12.7. The smallest absolute Gasteiger partial charge is 0.409 e. The van der Waals surface area contributed by atoms with Gasteiger partial charge < -0.3 is 14.7 Å². The van der Waals surface area contributed by atoms with E-state index in [4.69, 9.17) is 4.74 Å². The molecule has 2 fully saturated rings. The van der Waals surface area contributed by atoms with Gasteiger partial charge in [0.25, 0.3) is 0 Å². The maximum absolute atomic E-state index is 12.7. The zero-order chi connectivity index (χ0) is 20.7. The highest BCUT2D eigenvalue weighted by Gasteiger charge is 2.51. The number of carbonyl (C=O) groups is 2. The molecule has 5 rings (SSSR count). The third-order valence-electron chi connectivity index (χ3n) is 7.54. The number of carboxylic acids is 1. The van der Waals surface area contributed by atoms with Crippen molar-refractivity contribution >= 4 is 12.1 Å². The minimum Gasteiger partial charge on any atom is -0.481 e. The lowest BCUT2D eigenvalue weighted by Gasteiger charge is -2.47. The van der Waals surface area contributed by atoms with E-state index in [-0.39, 0.29) is 17.9 Å². The number of rotatable bonds is 4. The Morgan fingerprint density at radius 2 is 1.53 bits per heavy atom. The van der Waals surface area contributed by atoms with E-state index in [1.54, 1.807) is 4.90 Å². The Balaban J connectivity index is 1.22. The van der Waals surface area contributed by atoms with Gasteiger partial charge in [0.15, 0.2) is 0 Å². The molecule has 1 saturated heterocycles. The number of carboxylic acid groups (broad SMARTS) is 1. The van der Waals surface area contributed by atoms with E-state index >= 15 is 0 Å². The highest BCUT2D eigenvalue weighted by molar-refractivity contribution is 5.79. The average molecular weight is 405 g/mol. The van der Waals surface area contributed by atoms with E-state index in [9.17, 15) is 14.7 Å². The summed E-state index contributed by atoms with van der Waals surface area (Å²) in [6.45, 7) is 1.48. The minimum absolute atomic E-state index is 0.0594. The van der Waals surface area contributed by atoms with E-state index in [2.05, 4.69) is 24.3 Å². The van der Waals surface area contributed by atoms with Crippen molar-refractivity contribution in [2.45, 2.75) is 38.0 Å². The number of amides is 1. The van der Waals surface area contributed by atoms with Crippen LogP contribution >= 0.6 is 0 Å². The first-order valence-electron chi connectivity index (χ1n) is 10.9.